The van der Waals surface area contributed by atoms with Crippen molar-refractivity contribution in [3.05, 3.63) is 47.2 Å². The van der Waals surface area contributed by atoms with Gasteiger partial charge in [0.2, 0.25) is 0 Å². The molecule has 0 unspecified atom stereocenters. The van der Waals surface area contributed by atoms with Crippen LogP contribution in [0.3, 0.4) is 0 Å². The van der Waals surface area contributed by atoms with Crippen molar-refractivity contribution in [3.63, 3.8) is 0 Å². The van der Waals surface area contributed by atoms with E-state index in [-0.39, 0.29) is 0 Å². The third-order valence-electron chi connectivity index (χ3n) is 2.05. The third kappa shape index (κ3) is 4.36. The summed E-state index contributed by atoms with van der Waals surface area (Å²) >= 11 is 5.06. The van der Waals surface area contributed by atoms with Crippen molar-refractivity contribution in [1.29, 1.82) is 0 Å². The molecule has 0 amide bonds. The molecule has 0 saturated heterocycles. The molecule has 1 aromatic carbocycles. The van der Waals surface area contributed by atoms with Gasteiger partial charge in [0.1, 0.15) is 0 Å². The summed E-state index contributed by atoms with van der Waals surface area (Å²) in [7, 11) is 0. The molecule has 1 heterocycles. The van der Waals surface area contributed by atoms with Crippen LogP contribution >= 0.6 is 27.7 Å². The molecule has 0 fully saturated rings. The minimum Gasteiger partial charge on any atom is -0.384 e. The lowest BCUT2D eigenvalue weighted by molar-refractivity contribution is 0.966. The monoisotopic (exact) mass is 309 g/mol. The Morgan fingerprint density at radius 3 is 2.53 bits per heavy atom. The van der Waals surface area contributed by atoms with E-state index in [4.69, 9.17) is 0 Å². The van der Waals surface area contributed by atoms with E-state index in [9.17, 15) is 0 Å². The molecular formula is C12H12BrN3S. The fourth-order valence-electron chi connectivity index (χ4n) is 1.27. The standard InChI is InChI=1S/C12H12BrN3S/c13-10-2-4-11(5-3-10)14-8-9-17-12-15-6-1-7-16-12/h1-7,14H,8-9H2. The van der Waals surface area contributed by atoms with E-state index in [1.807, 2.05) is 30.3 Å². The van der Waals surface area contributed by atoms with Gasteiger partial charge in [-0.15, -0.1) is 0 Å². The van der Waals surface area contributed by atoms with Gasteiger partial charge in [0.25, 0.3) is 0 Å². The quantitative estimate of drug-likeness (QED) is 0.521. The number of halogens is 1. The Kier molecular flexibility index (Phi) is 4.82. The van der Waals surface area contributed by atoms with E-state index < -0.39 is 0 Å². The van der Waals surface area contributed by atoms with E-state index >= 15 is 0 Å². The molecule has 0 radical (unpaired) electrons. The first-order chi connectivity index (χ1) is 8.34. The zero-order valence-corrected chi connectivity index (χ0v) is 11.5. The largest absolute Gasteiger partial charge is 0.384 e. The van der Waals surface area contributed by atoms with Crippen LogP contribution < -0.4 is 5.32 Å². The molecule has 0 aliphatic rings. The Balaban J connectivity index is 1.71. The molecule has 17 heavy (non-hydrogen) atoms. The van der Waals surface area contributed by atoms with E-state index in [1.165, 1.54) is 0 Å². The maximum absolute atomic E-state index is 4.15. The first kappa shape index (κ1) is 12.4. The van der Waals surface area contributed by atoms with Crippen LogP contribution in [0.15, 0.2) is 52.4 Å². The summed E-state index contributed by atoms with van der Waals surface area (Å²) in [6.45, 7) is 0.893. The van der Waals surface area contributed by atoms with Gasteiger partial charge in [-0.2, -0.15) is 0 Å². The first-order valence-electron chi connectivity index (χ1n) is 5.24. The second-order valence-corrected chi connectivity index (χ2v) is 5.29. The van der Waals surface area contributed by atoms with Gasteiger partial charge in [-0.25, -0.2) is 9.97 Å². The second kappa shape index (κ2) is 6.61. The first-order valence-corrected chi connectivity index (χ1v) is 7.02. The predicted octanol–water partition coefficient (Wildman–Crippen LogP) is 3.44. The minimum absolute atomic E-state index is 0.824. The highest BCUT2D eigenvalue weighted by atomic mass is 79.9. The number of hydrogen-bond acceptors (Lipinski definition) is 4. The number of nitrogens with zero attached hydrogens (tertiary/aromatic N) is 2. The van der Waals surface area contributed by atoms with Crippen LogP contribution in [0.1, 0.15) is 0 Å². The molecule has 0 aliphatic carbocycles. The molecule has 88 valence electrons. The number of thioether (sulfide) groups is 1. The lowest BCUT2D eigenvalue weighted by atomic mass is 10.3. The van der Waals surface area contributed by atoms with E-state index in [2.05, 4.69) is 31.2 Å². The molecule has 5 heteroatoms. The SMILES string of the molecule is Brc1ccc(NCCSc2ncccn2)cc1. The molecule has 3 nitrogen and oxygen atoms in total. The Morgan fingerprint density at radius 2 is 1.82 bits per heavy atom. The van der Waals surface area contributed by atoms with Gasteiger partial charge in [0, 0.05) is 34.9 Å². The van der Waals surface area contributed by atoms with Gasteiger partial charge in [0.15, 0.2) is 5.16 Å². The van der Waals surface area contributed by atoms with Gasteiger partial charge < -0.3 is 5.32 Å². The summed E-state index contributed by atoms with van der Waals surface area (Å²) in [5.74, 6) is 0.945. The number of aromatic nitrogens is 2. The van der Waals surface area contributed by atoms with Crippen LogP contribution in [0, 0.1) is 0 Å². The topological polar surface area (TPSA) is 37.8 Å². The van der Waals surface area contributed by atoms with Crippen molar-refractivity contribution in [3.8, 4) is 0 Å². The lowest BCUT2D eigenvalue weighted by Gasteiger charge is -2.05. The van der Waals surface area contributed by atoms with Crippen LogP contribution in [-0.2, 0) is 0 Å². The molecule has 2 rings (SSSR count). The lowest BCUT2D eigenvalue weighted by Crippen LogP contribution is -2.04. The van der Waals surface area contributed by atoms with Gasteiger partial charge >= 0.3 is 0 Å². The number of hydrogen-bond donors (Lipinski definition) is 1. The zero-order valence-electron chi connectivity index (χ0n) is 9.14. The van der Waals surface area contributed by atoms with Crippen molar-refractivity contribution in [2.45, 2.75) is 5.16 Å². The molecule has 0 atom stereocenters. The molecule has 2 aromatic rings. The summed E-state index contributed by atoms with van der Waals surface area (Å²) < 4.78 is 1.09. The zero-order chi connectivity index (χ0) is 11.9. The summed E-state index contributed by atoms with van der Waals surface area (Å²) in [5, 5.41) is 4.17. The molecule has 0 bridgehead atoms. The molecule has 0 saturated carbocycles. The molecular weight excluding hydrogens is 298 g/mol. The second-order valence-electron chi connectivity index (χ2n) is 3.31. The fourth-order valence-corrected chi connectivity index (χ4v) is 2.19. The number of nitrogens with one attached hydrogen (secondary N) is 1. The summed E-state index contributed by atoms with van der Waals surface area (Å²) in [4.78, 5) is 8.31. The van der Waals surface area contributed by atoms with Crippen molar-refractivity contribution in [2.24, 2.45) is 0 Å². The number of anilines is 1. The maximum Gasteiger partial charge on any atom is 0.187 e. The Labute approximate surface area is 113 Å². The van der Waals surface area contributed by atoms with E-state index in [0.29, 0.717) is 0 Å². The van der Waals surface area contributed by atoms with Gasteiger partial charge in [-0.1, -0.05) is 27.7 Å². The molecule has 1 N–H and O–H groups in total. The van der Waals surface area contributed by atoms with Crippen LogP contribution in [0.5, 0.6) is 0 Å². The highest BCUT2D eigenvalue weighted by molar-refractivity contribution is 9.10. The van der Waals surface area contributed by atoms with Crippen molar-refractivity contribution < 1.29 is 0 Å². The van der Waals surface area contributed by atoms with Crippen LogP contribution in [0.25, 0.3) is 0 Å². The minimum atomic E-state index is 0.824. The summed E-state index contributed by atoms with van der Waals surface area (Å²) in [6.07, 6.45) is 3.52. The fraction of sp³-hybridized carbons (Fsp3) is 0.167. The van der Waals surface area contributed by atoms with Crippen LogP contribution in [0.2, 0.25) is 0 Å². The van der Waals surface area contributed by atoms with Crippen molar-refractivity contribution in [1.82, 2.24) is 9.97 Å². The number of rotatable bonds is 5. The van der Waals surface area contributed by atoms with Crippen molar-refractivity contribution >= 4 is 33.4 Å². The van der Waals surface area contributed by atoms with Crippen LogP contribution in [-0.4, -0.2) is 22.3 Å². The average molecular weight is 310 g/mol. The number of benzene rings is 1. The highest BCUT2D eigenvalue weighted by Crippen LogP contribution is 2.15. The van der Waals surface area contributed by atoms with Gasteiger partial charge in [0.05, 0.1) is 0 Å². The van der Waals surface area contributed by atoms with Gasteiger partial charge in [-0.05, 0) is 30.3 Å². The Bertz CT molecular complexity index is 447. The van der Waals surface area contributed by atoms with Gasteiger partial charge in [-0.3, -0.25) is 0 Å². The smallest absolute Gasteiger partial charge is 0.187 e. The Hall–Kier alpha value is -1.07. The Morgan fingerprint density at radius 1 is 1.12 bits per heavy atom. The average Bonchev–Trinajstić information content (AvgIpc) is 2.38. The highest BCUT2D eigenvalue weighted by Gasteiger charge is 1.96. The van der Waals surface area contributed by atoms with Crippen LogP contribution in [0.4, 0.5) is 5.69 Å². The normalized spacial score (nSPS) is 10.2. The van der Waals surface area contributed by atoms with Crippen molar-refractivity contribution in [2.75, 3.05) is 17.6 Å². The van der Waals surface area contributed by atoms with E-state index in [1.54, 1.807) is 24.2 Å². The molecule has 0 spiro atoms. The molecule has 1 aromatic heterocycles. The van der Waals surface area contributed by atoms with E-state index in [0.717, 1.165) is 27.6 Å². The maximum atomic E-state index is 4.15. The molecule has 0 aliphatic heterocycles. The third-order valence-corrected chi connectivity index (χ3v) is 3.45. The predicted molar refractivity (Wildman–Crippen MR) is 75.4 cm³/mol. The summed E-state index contributed by atoms with van der Waals surface area (Å²) in [5.41, 5.74) is 1.13. The summed E-state index contributed by atoms with van der Waals surface area (Å²) in [6, 6.07) is 9.97.